The van der Waals surface area contributed by atoms with E-state index in [2.05, 4.69) is 5.32 Å². The summed E-state index contributed by atoms with van der Waals surface area (Å²) in [7, 11) is 1.74. The minimum absolute atomic E-state index is 0.0572. The SMILES string of the molecule is CN1CC(CNC(=O)CCN2C(=O)c3ccccc3C2=O)CC1=O. The number of amides is 4. The monoisotopic (exact) mass is 329 g/mol. The Balaban J connectivity index is 1.48. The highest BCUT2D eigenvalue weighted by atomic mass is 16.2. The quantitative estimate of drug-likeness (QED) is 0.786. The summed E-state index contributed by atoms with van der Waals surface area (Å²) in [4.78, 5) is 50.5. The molecule has 24 heavy (non-hydrogen) atoms. The number of rotatable bonds is 5. The minimum atomic E-state index is -0.355. The molecule has 1 fully saturated rings. The Morgan fingerprint density at radius 1 is 1.17 bits per heavy atom. The van der Waals surface area contributed by atoms with Crippen LogP contribution in [-0.4, -0.2) is 60.1 Å². The van der Waals surface area contributed by atoms with E-state index >= 15 is 0 Å². The van der Waals surface area contributed by atoms with Crippen LogP contribution in [-0.2, 0) is 9.59 Å². The van der Waals surface area contributed by atoms with E-state index in [0.717, 1.165) is 4.90 Å². The van der Waals surface area contributed by atoms with Crippen molar-refractivity contribution in [3.63, 3.8) is 0 Å². The predicted molar refractivity (Wildman–Crippen MR) is 85.2 cm³/mol. The first-order valence-corrected chi connectivity index (χ1v) is 7.93. The van der Waals surface area contributed by atoms with Crippen LogP contribution in [0.2, 0.25) is 0 Å². The van der Waals surface area contributed by atoms with Gasteiger partial charge in [0.1, 0.15) is 0 Å². The predicted octanol–water partition coefficient (Wildman–Crippen LogP) is 0.267. The average Bonchev–Trinajstić information content (AvgIpc) is 3.02. The second-order valence-corrected chi connectivity index (χ2v) is 6.21. The number of likely N-dealkylation sites (tertiary alicyclic amines) is 1. The molecule has 1 saturated heterocycles. The van der Waals surface area contributed by atoms with E-state index in [0.29, 0.717) is 30.6 Å². The van der Waals surface area contributed by atoms with Gasteiger partial charge in [-0.3, -0.25) is 24.1 Å². The molecule has 0 spiro atoms. The lowest BCUT2D eigenvalue weighted by molar-refractivity contribution is -0.126. The van der Waals surface area contributed by atoms with E-state index in [4.69, 9.17) is 0 Å². The maximum absolute atomic E-state index is 12.2. The van der Waals surface area contributed by atoms with Gasteiger partial charge >= 0.3 is 0 Å². The Morgan fingerprint density at radius 2 is 1.79 bits per heavy atom. The molecule has 2 aliphatic rings. The van der Waals surface area contributed by atoms with E-state index in [1.165, 1.54) is 0 Å². The second-order valence-electron chi connectivity index (χ2n) is 6.21. The molecule has 0 radical (unpaired) electrons. The van der Waals surface area contributed by atoms with Crippen LogP contribution in [0.15, 0.2) is 24.3 Å². The van der Waals surface area contributed by atoms with Crippen LogP contribution in [0.5, 0.6) is 0 Å². The molecule has 7 nitrogen and oxygen atoms in total. The van der Waals surface area contributed by atoms with Crippen molar-refractivity contribution < 1.29 is 19.2 Å². The highest BCUT2D eigenvalue weighted by Gasteiger charge is 2.35. The third-order valence-electron chi connectivity index (χ3n) is 4.45. The summed E-state index contributed by atoms with van der Waals surface area (Å²) in [5, 5.41) is 2.77. The molecule has 1 atom stereocenters. The standard InChI is InChI=1S/C17H19N3O4/c1-19-10-11(8-15(19)22)9-18-14(21)6-7-20-16(23)12-4-2-3-5-13(12)17(20)24/h2-5,11H,6-10H2,1H3,(H,18,21). The highest BCUT2D eigenvalue weighted by Crippen LogP contribution is 2.22. The van der Waals surface area contributed by atoms with Crippen LogP contribution in [0, 0.1) is 5.92 Å². The molecular weight excluding hydrogens is 310 g/mol. The van der Waals surface area contributed by atoms with Crippen molar-refractivity contribution >= 4 is 23.6 Å². The van der Waals surface area contributed by atoms with Gasteiger partial charge in [0.2, 0.25) is 11.8 Å². The lowest BCUT2D eigenvalue weighted by atomic mass is 10.1. The Kier molecular flexibility index (Phi) is 4.33. The number of nitrogens with one attached hydrogen (secondary N) is 1. The topological polar surface area (TPSA) is 86.8 Å². The Bertz CT molecular complexity index is 681. The van der Waals surface area contributed by atoms with Crippen molar-refractivity contribution in [3.8, 4) is 0 Å². The van der Waals surface area contributed by atoms with Crippen LogP contribution in [0.25, 0.3) is 0 Å². The zero-order chi connectivity index (χ0) is 17.3. The first-order valence-electron chi connectivity index (χ1n) is 7.93. The highest BCUT2D eigenvalue weighted by molar-refractivity contribution is 6.21. The second kappa shape index (κ2) is 6.43. The largest absolute Gasteiger partial charge is 0.356 e. The van der Waals surface area contributed by atoms with Crippen LogP contribution >= 0.6 is 0 Å². The summed E-state index contributed by atoms with van der Waals surface area (Å²) < 4.78 is 0. The first kappa shape index (κ1) is 16.2. The molecule has 1 N–H and O–H groups in total. The number of hydrogen-bond donors (Lipinski definition) is 1. The molecule has 7 heteroatoms. The van der Waals surface area contributed by atoms with E-state index in [1.54, 1.807) is 36.2 Å². The average molecular weight is 329 g/mol. The molecule has 0 aromatic heterocycles. The summed E-state index contributed by atoms with van der Waals surface area (Å²) in [5.41, 5.74) is 0.769. The number of carbonyl (C=O) groups is 4. The van der Waals surface area contributed by atoms with E-state index < -0.39 is 0 Å². The summed E-state index contributed by atoms with van der Waals surface area (Å²) in [5.74, 6) is -0.739. The van der Waals surface area contributed by atoms with Crippen LogP contribution in [0.3, 0.4) is 0 Å². The van der Waals surface area contributed by atoms with Gasteiger partial charge in [-0.15, -0.1) is 0 Å². The Morgan fingerprint density at radius 3 is 2.33 bits per heavy atom. The lowest BCUT2D eigenvalue weighted by Crippen LogP contribution is -2.36. The normalized spacial score (nSPS) is 19.9. The molecule has 2 aliphatic heterocycles. The summed E-state index contributed by atoms with van der Waals surface area (Å²) in [6.07, 6.45) is 0.497. The van der Waals surface area contributed by atoms with Crippen molar-refractivity contribution in [1.82, 2.24) is 15.1 Å². The number of imide groups is 1. The third-order valence-corrected chi connectivity index (χ3v) is 4.45. The van der Waals surface area contributed by atoms with Gasteiger partial charge in [-0.25, -0.2) is 0 Å². The molecule has 1 aromatic rings. The molecule has 1 unspecified atom stereocenters. The Hall–Kier alpha value is -2.70. The zero-order valence-corrected chi connectivity index (χ0v) is 13.4. The molecule has 4 amide bonds. The van der Waals surface area contributed by atoms with Crippen molar-refractivity contribution in [2.24, 2.45) is 5.92 Å². The minimum Gasteiger partial charge on any atom is -0.356 e. The van der Waals surface area contributed by atoms with Crippen LogP contribution < -0.4 is 5.32 Å². The molecule has 0 aliphatic carbocycles. The summed E-state index contributed by atoms with van der Waals surface area (Å²) in [6, 6.07) is 6.65. The fourth-order valence-electron chi connectivity index (χ4n) is 3.10. The molecule has 3 rings (SSSR count). The van der Waals surface area contributed by atoms with Crippen molar-refractivity contribution in [2.45, 2.75) is 12.8 Å². The van der Waals surface area contributed by atoms with Gasteiger partial charge in [-0.1, -0.05) is 12.1 Å². The van der Waals surface area contributed by atoms with Gasteiger partial charge in [0.15, 0.2) is 0 Å². The molecular formula is C17H19N3O4. The number of benzene rings is 1. The van der Waals surface area contributed by atoms with Gasteiger partial charge in [0.25, 0.3) is 11.8 Å². The number of nitrogens with zero attached hydrogens (tertiary/aromatic N) is 2. The number of fused-ring (bicyclic) bond motifs is 1. The van der Waals surface area contributed by atoms with E-state index in [1.807, 2.05) is 0 Å². The summed E-state index contributed by atoms with van der Waals surface area (Å²) >= 11 is 0. The molecule has 126 valence electrons. The molecule has 0 saturated carbocycles. The fraction of sp³-hybridized carbons (Fsp3) is 0.412. The maximum Gasteiger partial charge on any atom is 0.261 e. The zero-order valence-electron chi connectivity index (χ0n) is 13.4. The fourth-order valence-corrected chi connectivity index (χ4v) is 3.10. The van der Waals surface area contributed by atoms with Crippen molar-refractivity contribution in [2.75, 3.05) is 26.7 Å². The lowest BCUT2D eigenvalue weighted by Gasteiger charge is -2.15. The maximum atomic E-state index is 12.2. The van der Waals surface area contributed by atoms with Gasteiger partial charge in [-0.2, -0.15) is 0 Å². The van der Waals surface area contributed by atoms with Crippen LogP contribution in [0.4, 0.5) is 0 Å². The smallest absolute Gasteiger partial charge is 0.261 e. The van der Waals surface area contributed by atoms with E-state index in [-0.39, 0.29) is 42.5 Å². The first-order chi connectivity index (χ1) is 11.5. The molecule has 1 aromatic carbocycles. The van der Waals surface area contributed by atoms with Crippen molar-refractivity contribution in [3.05, 3.63) is 35.4 Å². The van der Waals surface area contributed by atoms with Gasteiger partial charge in [-0.05, 0) is 12.1 Å². The Labute approximate surface area is 139 Å². The number of hydrogen-bond acceptors (Lipinski definition) is 4. The number of carbonyl (C=O) groups excluding carboxylic acids is 4. The van der Waals surface area contributed by atoms with Crippen molar-refractivity contribution in [1.29, 1.82) is 0 Å². The van der Waals surface area contributed by atoms with Gasteiger partial charge < -0.3 is 10.2 Å². The third kappa shape index (κ3) is 3.02. The van der Waals surface area contributed by atoms with Crippen LogP contribution in [0.1, 0.15) is 33.6 Å². The van der Waals surface area contributed by atoms with E-state index in [9.17, 15) is 19.2 Å². The van der Waals surface area contributed by atoms with Gasteiger partial charge in [0, 0.05) is 45.4 Å². The molecule has 0 bridgehead atoms. The van der Waals surface area contributed by atoms with Gasteiger partial charge in [0.05, 0.1) is 11.1 Å². The summed E-state index contributed by atoms with van der Waals surface area (Å²) in [6.45, 7) is 1.12. The molecule has 2 heterocycles.